The van der Waals surface area contributed by atoms with Crippen molar-refractivity contribution in [2.45, 2.75) is 31.4 Å². The first-order valence-electron chi connectivity index (χ1n) is 9.80. The summed E-state index contributed by atoms with van der Waals surface area (Å²) in [6.07, 6.45) is 2.80. The Labute approximate surface area is 174 Å². The van der Waals surface area contributed by atoms with E-state index in [1.165, 1.54) is 6.39 Å². The second kappa shape index (κ2) is 8.16. The highest BCUT2D eigenvalue weighted by Gasteiger charge is 2.42. The minimum Gasteiger partial charge on any atom is -0.497 e. The molecule has 0 saturated carbocycles. The number of likely N-dealkylation sites (tertiary alicyclic amines) is 1. The van der Waals surface area contributed by atoms with Crippen LogP contribution >= 0.6 is 0 Å². The van der Waals surface area contributed by atoms with Crippen molar-refractivity contribution in [1.82, 2.24) is 15.1 Å². The van der Waals surface area contributed by atoms with E-state index in [0.717, 1.165) is 17.7 Å². The highest BCUT2D eigenvalue weighted by atomic mass is 16.5. The Morgan fingerprint density at radius 2 is 2.10 bits per heavy atom. The summed E-state index contributed by atoms with van der Waals surface area (Å²) in [5, 5.41) is 21.8. The molecule has 30 heavy (non-hydrogen) atoms. The van der Waals surface area contributed by atoms with Crippen molar-refractivity contribution in [3.8, 4) is 17.2 Å². The number of ether oxygens (including phenoxy) is 1. The summed E-state index contributed by atoms with van der Waals surface area (Å²) in [6.45, 7) is 2.33. The van der Waals surface area contributed by atoms with Gasteiger partial charge in [-0.1, -0.05) is 18.2 Å². The smallest absolute Gasteiger partial charge is 0.322 e. The Morgan fingerprint density at radius 3 is 2.80 bits per heavy atom. The van der Waals surface area contributed by atoms with E-state index in [2.05, 4.69) is 15.5 Å². The number of hydrogen-bond acceptors (Lipinski definition) is 6. The Morgan fingerprint density at radius 1 is 1.30 bits per heavy atom. The molecule has 156 valence electrons. The van der Waals surface area contributed by atoms with Gasteiger partial charge in [0, 0.05) is 17.8 Å². The quantitative estimate of drug-likeness (QED) is 0.668. The zero-order valence-electron chi connectivity index (χ0n) is 16.9. The molecule has 8 nitrogen and oxygen atoms in total. The number of methoxy groups -OCH3 is 1. The molecule has 0 bridgehead atoms. The molecule has 8 heteroatoms. The molecular formula is C22H24N4O4. The fourth-order valence-electron chi connectivity index (χ4n) is 3.94. The van der Waals surface area contributed by atoms with Gasteiger partial charge in [-0.2, -0.15) is 0 Å². The highest BCUT2D eigenvalue weighted by molar-refractivity contribution is 5.90. The fraction of sp³-hybridized carbons (Fsp3) is 0.318. The molecule has 3 aromatic rings. The number of rotatable bonds is 5. The third-order valence-electron chi connectivity index (χ3n) is 5.56. The number of nitrogens with zero attached hydrogens (tertiary/aromatic N) is 3. The molecule has 0 aliphatic carbocycles. The fourth-order valence-corrected chi connectivity index (χ4v) is 3.94. The van der Waals surface area contributed by atoms with Gasteiger partial charge in [-0.15, -0.1) is 10.2 Å². The normalized spacial score (nSPS) is 18.1. The number of nitrogens with one attached hydrogen (secondary N) is 1. The predicted octanol–water partition coefficient (Wildman–Crippen LogP) is 3.65. The third kappa shape index (κ3) is 3.86. The molecule has 2 amide bonds. The molecule has 1 aliphatic rings. The molecular weight excluding hydrogens is 384 g/mol. The topological polar surface area (TPSA) is 101 Å². The van der Waals surface area contributed by atoms with E-state index in [9.17, 15) is 9.90 Å². The lowest BCUT2D eigenvalue weighted by atomic mass is 9.86. The van der Waals surface area contributed by atoms with Gasteiger partial charge in [-0.3, -0.25) is 0 Å². The Balaban J connectivity index is 1.51. The maximum atomic E-state index is 13.0. The molecule has 2 N–H and O–H groups in total. The van der Waals surface area contributed by atoms with Crippen molar-refractivity contribution in [3.05, 3.63) is 60.5 Å². The monoisotopic (exact) mass is 408 g/mol. The van der Waals surface area contributed by atoms with Crippen LogP contribution in [-0.4, -0.2) is 45.9 Å². The number of urea groups is 1. The number of hydrogen-bond donors (Lipinski definition) is 2. The highest BCUT2D eigenvalue weighted by Crippen LogP contribution is 2.35. The average molecular weight is 408 g/mol. The third-order valence-corrected chi connectivity index (χ3v) is 5.56. The van der Waals surface area contributed by atoms with Crippen molar-refractivity contribution < 1.29 is 19.1 Å². The molecule has 1 fully saturated rings. The van der Waals surface area contributed by atoms with Crippen LogP contribution in [0.5, 0.6) is 5.75 Å². The van der Waals surface area contributed by atoms with E-state index in [-0.39, 0.29) is 12.1 Å². The van der Waals surface area contributed by atoms with E-state index in [1.807, 2.05) is 36.4 Å². The summed E-state index contributed by atoms with van der Waals surface area (Å²) in [7, 11) is 1.60. The zero-order valence-corrected chi connectivity index (χ0v) is 16.9. The second-order valence-corrected chi connectivity index (χ2v) is 7.48. The van der Waals surface area contributed by atoms with Gasteiger partial charge < -0.3 is 24.5 Å². The molecule has 1 saturated heterocycles. The molecule has 0 unspecified atom stereocenters. The first-order valence-corrected chi connectivity index (χ1v) is 9.80. The summed E-state index contributed by atoms with van der Waals surface area (Å²) in [4.78, 5) is 14.7. The molecule has 0 spiro atoms. The van der Waals surface area contributed by atoms with Crippen molar-refractivity contribution in [3.63, 3.8) is 0 Å². The van der Waals surface area contributed by atoms with Crippen LogP contribution in [0.4, 0.5) is 10.5 Å². The van der Waals surface area contributed by atoms with Crippen molar-refractivity contribution >= 4 is 11.7 Å². The number of carbonyl (C=O) groups excluding carboxylic acids is 1. The van der Waals surface area contributed by atoms with Gasteiger partial charge >= 0.3 is 6.03 Å². The maximum absolute atomic E-state index is 13.0. The van der Waals surface area contributed by atoms with E-state index in [1.54, 1.807) is 31.1 Å². The maximum Gasteiger partial charge on any atom is 0.322 e. The number of aliphatic hydroxyl groups is 1. The van der Waals surface area contributed by atoms with Crippen LogP contribution in [0.25, 0.3) is 11.5 Å². The first kappa shape index (κ1) is 19.9. The summed E-state index contributed by atoms with van der Waals surface area (Å²) in [5.74, 6) is 1.10. The van der Waals surface area contributed by atoms with Crippen LogP contribution in [0, 0.1) is 0 Å². The van der Waals surface area contributed by atoms with Crippen LogP contribution in [0.3, 0.4) is 0 Å². The molecule has 2 atom stereocenters. The molecule has 4 rings (SSSR count). The van der Waals surface area contributed by atoms with Crippen molar-refractivity contribution in [1.29, 1.82) is 0 Å². The lowest BCUT2D eigenvalue weighted by Gasteiger charge is -2.37. The number of carbonyl (C=O) groups is 1. The van der Waals surface area contributed by atoms with E-state index < -0.39 is 5.60 Å². The summed E-state index contributed by atoms with van der Waals surface area (Å²) in [5.41, 5.74) is 0.886. The van der Waals surface area contributed by atoms with Crippen LogP contribution in [0.1, 0.15) is 25.3 Å². The lowest BCUT2D eigenvalue weighted by Crippen LogP contribution is -2.49. The summed E-state index contributed by atoms with van der Waals surface area (Å²) in [6, 6.07) is 13.9. The number of amides is 2. The van der Waals surface area contributed by atoms with Gasteiger partial charge in [-0.05, 0) is 55.7 Å². The molecule has 2 heterocycles. The van der Waals surface area contributed by atoms with Gasteiger partial charge in [0.2, 0.25) is 12.3 Å². The van der Waals surface area contributed by atoms with Gasteiger partial charge in [-0.25, -0.2) is 4.79 Å². The van der Waals surface area contributed by atoms with Crippen LogP contribution in [0.2, 0.25) is 0 Å². The predicted molar refractivity (Wildman–Crippen MR) is 111 cm³/mol. The number of aromatic nitrogens is 2. The van der Waals surface area contributed by atoms with Crippen molar-refractivity contribution in [2.75, 3.05) is 19.0 Å². The molecule has 1 aliphatic heterocycles. The minimum atomic E-state index is -1.19. The van der Waals surface area contributed by atoms with Crippen LogP contribution < -0.4 is 10.1 Å². The van der Waals surface area contributed by atoms with Gasteiger partial charge in [0.05, 0.1) is 13.2 Å². The van der Waals surface area contributed by atoms with E-state index in [0.29, 0.717) is 30.1 Å². The first-order chi connectivity index (χ1) is 14.5. The van der Waals surface area contributed by atoms with E-state index >= 15 is 0 Å². The second-order valence-electron chi connectivity index (χ2n) is 7.48. The average Bonchev–Trinajstić information content (AvgIpc) is 3.46. The number of benzene rings is 2. The van der Waals surface area contributed by atoms with Crippen molar-refractivity contribution in [2.24, 2.45) is 0 Å². The van der Waals surface area contributed by atoms with Gasteiger partial charge in [0.15, 0.2) is 0 Å². The largest absolute Gasteiger partial charge is 0.497 e. The Kier molecular flexibility index (Phi) is 5.41. The Bertz CT molecular complexity index is 1000. The molecule has 0 radical (unpaired) electrons. The summed E-state index contributed by atoms with van der Waals surface area (Å²) < 4.78 is 10.4. The lowest BCUT2D eigenvalue weighted by molar-refractivity contribution is -0.00944. The standard InChI is InChI=1S/C22H24N4O4/c1-22(28,16-8-10-18(29-2)11-9-16)19-7-4-12-26(19)21(27)24-17-6-3-5-15(13-17)20-25-23-14-30-20/h3,5-6,8-11,13-14,19,28H,4,7,12H2,1-2H3,(H,24,27)/t19-,22+/m0/s1. The van der Waals surface area contributed by atoms with Gasteiger partial charge in [0.1, 0.15) is 11.4 Å². The van der Waals surface area contributed by atoms with Crippen LogP contribution in [-0.2, 0) is 5.60 Å². The molecule has 2 aromatic carbocycles. The number of anilines is 1. The van der Waals surface area contributed by atoms with Gasteiger partial charge in [0.25, 0.3) is 0 Å². The summed E-state index contributed by atoms with van der Waals surface area (Å²) >= 11 is 0. The Hall–Kier alpha value is -3.39. The SMILES string of the molecule is COc1ccc([C@@](C)(O)[C@@H]2CCCN2C(=O)Nc2cccc(-c3nnco3)c2)cc1. The van der Waals surface area contributed by atoms with E-state index in [4.69, 9.17) is 9.15 Å². The minimum absolute atomic E-state index is 0.256. The zero-order chi connectivity index (χ0) is 21.1. The van der Waals surface area contributed by atoms with Crippen LogP contribution in [0.15, 0.2) is 59.3 Å². The molecule has 1 aromatic heterocycles.